The first-order chi connectivity index (χ1) is 13.9. The molecule has 4 rings (SSSR count). The molecule has 1 aliphatic carbocycles. The van der Waals surface area contributed by atoms with Crippen LogP contribution in [0.3, 0.4) is 0 Å². The molecule has 4 nitrogen and oxygen atoms in total. The average molecular weight is 418 g/mol. The summed E-state index contributed by atoms with van der Waals surface area (Å²) in [5, 5.41) is 9.97. The zero-order valence-electron chi connectivity index (χ0n) is 16.5. The number of carbonyl (C=O) groups is 1. The maximum absolute atomic E-state index is 14.3. The van der Waals surface area contributed by atoms with Gasteiger partial charge in [0.25, 0.3) is 0 Å². The van der Waals surface area contributed by atoms with Gasteiger partial charge in [-0.3, -0.25) is 4.90 Å². The Morgan fingerprint density at radius 1 is 1.28 bits per heavy atom. The summed E-state index contributed by atoms with van der Waals surface area (Å²) in [6.07, 6.45) is 2.91. The first-order valence-electron chi connectivity index (χ1n) is 10.0. The molecule has 6 heteroatoms. The Bertz CT molecular complexity index is 908. The van der Waals surface area contributed by atoms with E-state index in [9.17, 15) is 14.3 Å². The molecule has 29 heavy (non-hydrogen) atoms. The van der Waals surface area contributed by atoms with E-state index >= 15 is 0 Å². The summed E-state index contributed by atoms with van der Waals surface area (Å²) in [4.78, 5) is 13.6. The van der Waals surface area contributed by atoms with E-state index in [0.29, 0.717) is 19.1 Å². The third-order valence-corrected chi connectivity index (χ3v) is 5.88. The monoisotopic (exact) mass is 417 g/mol. The van der Waals surface area contributed by atoms with Crippen LogP contribution in [0, 0.1) is 12.7 Å². The smallest absolute Gasteiger partial charge is 0.338 e. The van der Waals surface area contributed by atoms with Crippen molar-refractivity contribution in [3.05, 3.63) is 69.0 Å². The quantitative estimate of drug-likeness (QED) is 0.733. The lowest BCUT2D eigenvalue weighted by molar-refractivity contribution is -0.0305. The van der Waals surface area contributed by atoms with Gasteiger partial charge in [-0.05, 0) is 78.6 Å². The molecule has 0 spiro atoms. The van der Waals surface area contributed by atoms with Crippen LogP contribution in [-0.4, -0.2) is 41.8 Å². The molecule has 1 unspecified atom stereocenters. The number of morpholine rings is 1. The number of hydrogen-bond acceptors (Lipinski definition) is 3. The fraction of sp³-hybridized carbons (Fsp3) is 0.435. The number of aryl methyl sites for hydroxylation is 1. The van der Waals surface area contributed by atoms with Gasteiger partial charge in [-0.15, -0.1) is 0 Å². The zero-order chi connectivity index (χ0) is 20.5. The fourth-order valence-electron chi connectivity index (χ4n) is 4.19. The molecule has 0 bridgehead atoms. The van der Waals surface area contributed by atoms with Crippen molar-refractivity contribution in [2.75, 3.05) is 19.7 Å². The molecule has 1 saturated carbocycles. The number of benzene rings is 2. The van der Waals surface area contributed by atoms with E-state index in [0.717, 1.165) is 59.6 Å². The summed E-state index contributed by atoms with van der Waals surface area (Å²) in [7, 11) is 0. The SMILES string of the molecule is Cc1cc(Cl)cc(CC2CN(Cc3cc(F)c(C(=O)O)cc3C3CC3)CCO2)c1. The number of nitrogens with zero attached hydrogens (tertiary/aromatic N) is 1. The first-order valence-corrected chi connectivity index (χ1v) is 10.4. The van der Waals surface area contributed by atoms with E-state index in [4.69, 9.17) is 16.3 Å². The van der Waals surface area contributed by atoms with E-state index in [1.807, 2.05) is 19.1 Å². The van der Waals surface area contributed by atoms with E-state index in [1.165, 1.54) is 12.1 Å². The van der Waals surface area contributed by atoms with Crippen LogP contribution in [0.15, 0.2) is 30.3 Å². The Morgan fingerprint density at radius 2 is 2.07 bits per heavy atom. The lowest BCUT2D eigenvalue weighted by Crippen LogP contribution is -2.43. The topological polar surface area (TPSA) is 49.8 Å². The van der Waals surface area contributed by atoms with Gasteiger partial charge in [0.15, 0.2) is 0 Å². The molecule has 1 aliphatic heterocycles. The first kappa shape index (κ1) is 20.3. The third-order valence-electron chi connectivity index (χ3n) is 5.66. The summed E-state index contributed by atoms with van der Waals surface area (Å²) in [6.45, 7) is 4.78. The average Bonchev–Trinajstić information content (AvgIpc) is 3.46. The van der Waals surface area contributed by atoms with Crippen molar-refractivity contribution in [2.24, 2.45) is 0 Å². The molecule has 2 fully saturated rings. The van der Waals surface area contributed by atoms with E-state index in [-0.39, 0.29) is 11.7 Å². The molecule has 1 heterocycles. The Kier molecular flexibility index (Phi) is 5.91. The molecule has 0 aromatic heterocycles. The second kappa shape index (κ2) is 8.42. The van der Waals surface area contributed by atoms with Crippen LogP contribution in [0.2, 0.25) is 5.02 Å². The predicted molar refractivity (Wildman–Crippen MR) is 110 cm³/mol. The number of hydrogen-bond donors (Lipinski definition) is 1. The minimum Gasteiger partial charge on any atom is -0.478 e. The van der Waals surface area contributed by atoms with Gasteiger partial charge in [0.2, 0.25) is 0 Å². The van der Waals surface area contributed by atoms with E-state index < -0.39 is 11.8 Å². The van der Waals surface area contributed by atoms with Gasteiger partial charge in [-0.2, -0.15) is 0 Å². The minimum absolute atomic E-state index is 0.0501. The van der Waals surface area contributed by atoms with Crippen molar-refractivity contribution in [1.29, 1.82) is 0 Å². The van der Waals surface area contributed by atoms with Crippen LogP contribution in [0.1, 0.15) is 51.4 Å². The largest absolute Gasteiger partial charge is 0.478 e. The van der Waals surface area contributed by atoms with Crippen LogP contribution in [-0.2, 0) is 17.7 Å². The molecular formula is C23H25ClFNO3. The molecular weight excluding hydrogens is 393 g/mol. The second-order valence-corrected chi connectivity index (χ2v) is 8.62. The summed E-state index contributed by atoms with van der Waals surface area (Å²) in [5.41, 5.74) is 3.93. The number of carboxylic acid groups (broad SMARTS) is 1. The predicted octanol–water partition coefficient (Wildman–Crippen LogP) is 4.81. The fourth-order valence-corrected chi connectivity index (χ4v) is 4.50. The van der Waals surface area contributed by atoms with Gasteiger partial charge in [-0.1, -0.05) is 17.7 Å². The Morgan fingerprint density at radius 3 is 2.76 bits per heavy atom. The maximum Gasteiger partial charge on any atom is 0.338 e. The van der Waals surface area contributed by atoms with Crippen LogP contribution < -0.4 is 0 Å². The van der Waals surface area contributed by atoms with Crippen molar-refractivity contribution in [1.82, 2.24) is 4.90 Å². The summed E-state index contributed by atoms with van der Waals surface area (Å²) < 4.78 is 20.3. The van der Waals surface area contributed by atoms with Crippen LogP contribution in [0.4, 0.5) is 4.39 Å². The highest BCUT2D eigenvalue weighted by atomic mass is 35.5. The molecule has 2 aromatic carbocycles. The Labute approximate surface area is 175 Å². The number of halogens is 2. The van der Waals surface area contributed by atoms with Gasteiger partial charge in [0, 0.05) is 24.7 Å². The van der Waals surface area contributed by atoms with Crippen molar-refractivity contribution in [3.8, 4) is 0 Å². The maximum atomic E-state index is 14.3. The molecule has 1 atom stereocenters. The number of aromatic carboxylic acids is 1. The number of carboxylic acids is 1. The standard InChI is InChI=1S/C23H25ClFNO3/c1-14-6-15(8-18(24)7-14)9-19-13-26(4-5-29-19)12-17-10-22(25)21(23(27)28)11-20(17)16-2-3-16/h6-8,10-11,16,19H,2-5,9,12-13H2,1H3,(H,27,28). The van der Waals surface area contributed by atoms with Crippen molar-refractivity contribution < 1.29 is 19.0 Å². The molecule has 1 N–H and O–H groups in total. The summed E-state index contributed by atoms with van der Waals surface area (Å²) in [5.74, 6) is -1.51. The Balaban J connectivity index is 1.48. The molecule has 1 saturated heterocycles. The highest BCUT2D eigenvalue weighted by Gasteiger charge is 2.30. The van der Waals surface area contributed by atoms with Crippen molar-refractivity contribution in [2.45, 2.75) is 44.8 Å². The number of rotatable bonds is 6. The lowest BCUT2D eigenvalue weighted by atomic mass is 9.98. The third kappa shape index (κ3) is 4.97. The van der Waals surface area contributed by atoms with Crippen molar-refractivity contribution >= 4 is 17.6 Å². The van der Waals surface area contributed by atoms with Gasteiger partial charge in [0.05, 0.1) is 18.3 Å². The molecule has 0 amide bonds. The van der Waals surface area contributed by atoms with E-state index in [2.05, 4.69) is 11.0 Å². The van der Waals surface area contributed by atoms with Crippen LogP contribution in [0.5, 0.6) is 0 Å². The van der Waals surface area contributed by atoms with E-state index in [1.54, 1.807) is 0 Å². The molecule has 154 valence electrons. The lowest BCUT2D eigenvalue weighted by Gasteiger charge is -2.33. The highest BCUT2D eigenvalue weighted by Crippen LogP contribution is 2.42. The zero-order valence-corrected chi connectivity index (χ0v) is 17.2. The van der Waals surface area contributed by atoms with Crippen LogP contribution in [0.25, 0.3) is 0 Å². The van der Waals surface area contributed by atoms with Gasteiger partial charge < -0.3 is 9.84 Å². The molecule has 2 aromatic rings. The normalized spacial score (nSPS) is 20.0. The molecule has 0 radical (unpaired) electrons. The summed E-state index contributed by atoms with van der Waals surface area (Å²) in [6, 6.07) is 8.99. The molecule has 2 aliphatic rings. The van der Waals surface area contributed by atoms with Gasteiger partial charge in [-0.25, -0.2) is 9.18 Å². The minimum atomic E-state index is -1.21. The van der Waals surface area contributed by atoms with Crippen molar-refractivity contribution in [3.63, 3.8) is 0 Å². The summed E-state index contributed by atoms with van der Waals surface area (Å²) >= 11 is 6.18. The number of ether oxygens (including phenoxy) is 1. The van der Waals surface area contributed by atoms with Crippen LogP contribution >= 0.6 is 11.6 Å². The Hall–Kier alpha value is -1.95. The van der Waals surface area contributed by atoms with Gasteiger partial charge in [0.1, 0.15) is 5.82 Å². The highest BCUT2D eigenvalue weighted by molar-refractivity contribution is 6.30. The second-order valence-electron chi connectivity index (χ2n) is 8.18. The van der Waals surface area contributed by atoms with Gasteiger partial charge >= 0.3 is 5.97 Å².